The molecule has 2 aliphatic rings. The number of carbonyl (C=O) groups is 1. The van der Waals surface area contributed by atoms with Crippen LogP contribution in [-0.2, 0) is 9.53 Å². The van der Waals surface area contributed by atoms with Crippen molar-refractivity contribution in [3.63, 3.8) is 0 Å². The van der Waals surface area contributed by atoms with Crippen LogP contribution in [0.3, 0.4) is 0 Å². The SMILES string of the molecule is CC(C(=O)N1CCOCC1)N(CCCO)C1CCC1. The van der Waals surface area contributed by atoms with Crippen molar-refractivity contribution >= 4 is 5.91 Å². The van der Waals surface area contributed by atoms with Crippen LogP contribution in [0.15, 0.2) is 0 Å². The van der Waals surface area contributed by atoms with Crippen molar-refractivity contribution in [2.75, 3.05) is 39.5 Å². The largest absolute Gasteiger partial charge is 0.396 e. The van der Waals surface area contributed by atoms with Crippen molar-refractivity contribution in [3.05, 3.63) is 0 Å². The molecule has 5 nitrogen and oxygen atoms in total. The Morgan fingerprint density at radius 3 is 2.63 bits per heavy atom. The summed E-state index contributed by atoms with van der Waals surface area (Å²) in [6, 6.07) is 0.460. The van der Waals surface area contributed by atoms with Crippen molar-refractivity contribution in [1.82, 2.24) is 9.80 Å². The first kappa shape index (κ1) is 14.8. The van der Waals surface area contributed by atoms with Crippen LogP contribution in [0.5, 0.6) is 0 Å². The number of ether oxygens (including phenoxy) is 1. The number of rotatable bonds is 6. The van der Waals surface area contributed by atoms with E-state index in [0.717, 1.165) is 13.0 Å². The summed E-state index contributed by atoms with van der Waals surface area (Å²) >= 11 is 0. The number of hydrogen-bond donors (Lipinski definition) is 1. The molecule has 0 aromatic heterocycles. The number of aliphatic hydroxyl groups excluding tert-OH is 1. The van der Waals surface area contributed by atoms with E-state index in [-0.39, 0.29) is 18.6 Å². The summed E-state index contributed by atoms with van der Waals surface area (Å²) in [5.41, 5.74) is 0. The molecule has 1 N–H and O–H groups in total. The van der Waals surface area contributed by atoms with Gasteiger partial charge in [-0.2, -0.15) is 0 Å². The van der Waals surface area contributed by atoms with Crippen LogP contribution in [0.4, 0.5) is 0 Å². The summed E-state index contributed by atoms with van der Waals surface area (Å²) in [4.78, 5) is 16.7. The lowest BCUT2D eigenvalue weighted by Gasteiger charge is -2.42. The van der Waals surface area contributed by atoms with E-state index in [1.165, 1.54) is 19.3 Å². The number of carbonyl (C=O) groups excluding carboxylic acids is 1. The van der Waals surface area contributed by atoms with E-state index in [2.05, 4.69) is 4.90 Å². The molecule has 1 atom stereocenters. The maximum Gasteiger partial charge on any atom is 0.239 e. The standard InChI is InChI=1S/C14H26N2O3/c1-12(14(18)15-7-10-19-11-8-15)16(6-3-9-17)13-4-2-5-13/h12-13,17H,2-11H2,1H3. The van der Waals surface area contributed by atoms with Crippen molar-refractivity contribution < 1.29 is 14.6 Å². The maximum absolute atomic E-state index is 12.5. The van der Waals surface area contributed by atoms with Gasteiger partial charge in [0.05, 0.1) is 19.3 Å². The van der Waals surface area contributed by atoms with Gasteiger partial charge in [0.2, 0.25) is 5.91 Å². The molecule has 1 saturated heterocycles. The Hall–Kier alpha value is -0.650. The van der Waals surface area contributed by atoms with Crippen LogP contribution < -0.4 is 0 Å². The molecule has 0 bridgehead atoms. The number of nitrogens with zero attached hydrogens (tertiary/aromatic N) is 2. The quantitative estimate of drug-likeness (QED) is 0.762. The van der Waals surface area contributed by atoms with E-state index < -0.39 is 0 Å². The highest BCUT2D eigenvalue weighted by Crippen LogP contribution is 2.27. The molecule has 0 spiro atoms. The third kappa shape index (κ3) is 3.68. The third-order valence-corrected chi connectivity index (χ3v) is 4.30. The lowest BCUT2D eigenvalue weighted by molar-refractivity contribution is -0.142. The minimum absolute atomic E-state index is 0.0741. The predicted octanol–water partition coefficient (Wildman–Crippen LogP) is 0.471. The Bertz CT molecular complexity index is 288. The molecule has 19 heavy (non-hydrogen) atoms. The zero-order chi connectivity index (χ0) is 13.7. The first-order valence-electron chi connectivity index (χ1n) is 7.47. The van der Waals surface area contributed by atoms with E-state index in [4.69, 9.17) is 9.84 Å². The van der Waals surface area contributed by atoms with Gasteiger partial charge in [-0.25, -0.2) is 0 Å². The van der Waals surface area contributed by atoms with Gasteiger partial charge in [0.1, 0.15) is 0 Å². The Kier molecular flexibility index (Phi) is 5.60. The fourth-order valence-electron chi connectivity index (χ4n) is 2.85. The molecule has 110 valence electrons. The van der Waals surface area contributed by atoms with Crippen LogP contribution >= 0.6 is 0 Å². The molecule has 0 aromatic carbocycles. The monoisotopic (exact) mass is 270 g/mol. The van der Waals surface area contributed by atoms with E-state index >= 15 is 0 Å². The van der Waals surface area contributed by atoms with Gasteiger partial charge < -0.3 is 14.7 Å². The fraction of sp³-hybridized carbons (Fsp3) is 0.929. The number of amides is 1. The second kappa shape index (κ2) is 7.22. The molecular weight excluding hydrogens is 244 g/mol. The zero-order valence-corrected chi connectivity index (χ0v) is 11.9. The van der Waals surface area contributed by atoms with Gasteiger partial charge in [0.15, 0.2) is 0 Å². The highest BCUT2D eigenvalue weighted by Gasteiger charge is 2.33. The van der Waals surface area contributed by atoms with Crippen LogP contribution in [0.1, 0.15) is 32.6 Å². The first-order chi connectivity index (χ1) is 9.24. The van der Waals surface area contributed by atoms with Crippen molar-refractivity contribution in [2.24, 2.45) is 0 Å². The summed E-state index contributed by atoms with van der Waals surface area (Å²) < 4.78 is 5.29. The Balaban J connectivity index is 1.92. The Labute approximate surface area is 115 Å². The smallest absolute Gasteiger partial charge is 0.239 e. The normalized spacial score (nSPS) is 22.4. The minimum Gasteiger partial charge on any atom is -0.396 e. The van der Waals surface area contributed by atoms with Gasteiger partial charge in [0.25, 0.3) is 0 Å². The molecule has 1 amide bonds. The van der Waals surface area contributed by atoms with E-state index in [0.29, 0.717) is 32.3 Å². The summed E-state index contributed by atoms with van der Waals surface area (Å²) in [5, 5.41) is 9.02. The lowest BCUT2D eigenvalue weighted by atomic mass is 9.90. The lowest BCUT2D eigenvalue weighted by Crippen LogP contribution is -2.55. The highest BCUT2D eigenvalue weighted by molar-refractivity contribution is 5.81. The molecule has 1 unspecified atom stereocenters. The Morgan fingerprint density at radius 1 is 1.42 bits per heavy atom. The number of morpholine rings is 1. The molecule has 1 aliphatic heterocycles. The fourth-order valence-corrected chi connectivity index (χ4v) is 2.85. The van der Waals surface area contributed by atoms with Crippen LogP contribution in [-0.4, -0.2) is 72.4 Å². The number of aliphatic hydroxyl groups is 1. The highest BCUT2D eigenvalue weighted by atomic mass is 16.5. The molecule has 0 radical (unpaired) electrons. The van der Waals surface area contributed by atoms with Gasteiger partial charge in [-0.3, -0.25) is 9.69 Å². The topological polar surface area (TPSA) is 53.0 Å². The molecule has 2 fully saturated rings. The molecule has 0 aromatic rings. The van der Waals surface area contributed by atoms with Gasteiger partial charge >= 0.3 is 0 Å². The first-order valence-corrected chi connectivity index (χ1v) is 7.47. The Morgan fingerprint density at radius 2 is 2.11 bits per heavy atom. The zero-order valence-electron chi connectivity index (χ0n) is 11.9. The molecule has 1 heterocycles. The minimum atomic E-state index is -0.0741. The van der Waals surface area contributed by atoms with E-state index in [1.807, 2.05) is 11.8 Å². The van der Waals surface area contributed by atoms with Gasteiger partial charge in [-0.05, 0) is 26.2 Å². The maximum atomic E-state index is 12.5. The van der Waals surface area contributed by atoms with E-state index in [9.17, 15) is 4.79 Å². The summed E-state index contributed by atoms with van der Waals surface area (Å²) in [7, 11) is 0. The van der Waals surface area contributed by atoms with E-state index in [1.54, 1.807) is 0 Å². The molecular formula is C14H26N2O3. The van der Waals surface area contributed by atoms with Gasteiger partial charge in [0, 0.05) is 32.3 Å². The third-order valence-electron chi connectivity index (χ3n) is 4.30. The van der Waals surface area contributed by atoms with Crippen molar-refractivity contribution in [3.8, 4) is 0 Å². The second-order valence-corrected chi connectivity index (χ2v) is 5.51. The average molecular weight is 270 g/mol. The van der Waals surface area contributed by atoms with Crippen LogP contribution in [0.2, 0.25) is 0 Å². The summed E-state index contributed by atoms with van der Waals surface area (Å²) in [6.07, 6.45) is 4.38. The predicted molar refractivity (Wildman–Crippen MR) is 72.9 cm³/mol. The molecule has 1 saturated carbocycles. The summed E-state index contributed by atoms with van der Waals surface area (Å²) in [6.45, 7) is 5.74. The van der Waals surface area contributed by atoms with Crippen LogP contribution in [0, 0.1) is 0 Å². The average Bonchev–Trinajstić information content (AvgIpc) is 2.40. The van der Waals surface area contributed by atoms with Crippen LogP contribution in [0.25, 0.3) is 0 Å². The van der Waals surface area contributed by atoms with Crippen molar-refractivity contribution in [1.29, 1.82) is 0 Å². The van der Waals surface area contributed by atoms with Gasteiger partial charge in [-0.15, -0.1) is 0 Å². The molecule has 2 rings (SSSR count). The second-order valence-electron chi connectivity index (χ2n) is 5.51. The summed E-state index contributed by atoms with van der Waals surface area (Å²) in [5.74, 6) is 0.216. The number of hydrogen-bond acceptors (Lipinski definition) is 4. The van der Waals surface area contributed by atoms with Gasteiger partial charge in [-0.1, -0.05) is 6.42 Å². The molecule has 1 aliphatic carbocycles. The molecule has 5 heteroatoms. The van der Waals surface area contributed by atoms with Crippen molar-refractivity contribution in [2.45, 2.75) is 44.7 Å².